The summed E-state index contributed by atoms with van der Waals surface area (Å²) >= 11 is 0. The molecule has 31 heavy (non-hydrogen) atoms. The van der Waals surface area contributed by atoms with E-state index in [1.165, 1.54) is 16.8 Å². The van der Waals surface area contributed by atoms with E-state index in [1.807, 2.05) is 30.3 Å². The number of amides is 3. The predicted octanol–water partition coefficient (Wildman–Crippen LogP) is 0.370. The molecular formula is C21H24N4O6. The van der Waals surface area contributed by atoms with Crippen LogP contribution in [0.3, 0.4) is 0 Å². The normalized spacial score (nSPS) is 13.5. The van der Waals surface area contributed by atoms with Gasteiger partial charge in [0.2, 0.25) is 0 Å². The second kappa shape index (κ2) is 10.4. The maximum absolute atomic E-state index is 12.6. The molecule has 1 aromatic heterocycles. The minimum absolute atomic E-state index is 0.0402. The molecule has 10 nitrogen and oxygen atoms in total. The molecule has 0 saturated heterocycles. The average molecular weight is 428 g/mol. The molecule has 1 heterocycles. The van der Waals surface area contributed by atoms with Crippen LogP contribution in [-0.4, -0.2) is 39.7 Å². The molecule has 0 atom stereocenters. The zero-order valence-electron chi connectivity index (χ0n) is 16.9. The average Bonchev–Trinajstić information content (AvgIpc) is 3.25. The molecule has 1 aromatic carbocycles. The third-order valence-corrected chi connectivity index (χ3v) is 4.93. The summed E-state index contributed by atoms with van der Waals surface area (Å²) in [4.78, 5) is 60.2. The Morgan fingerprint density at radius 3 is 2.45 bits per heavy atom. The van der Waals surface area contributed by atoms with Crippen LogP contribution in [0.25, 0.3) is 0 Å². The van der Waals surface area contributed by atoms with Crippen LogP contribution in [0, 0.1) is 0 Å². The predicted molar refractivity (Wildman–Crippen MR) is 110 cm³/mol. The number of imide groups is 1. The Hall–Kier alpha value is -3.69. The third-order valence-electron chi connectivity index (χ3n) is 4.93. The number of hydrogen-bond donors (Lipinski definition) is 2. The van der Waals surface area contributed by atoms with Crippen molar-refractivity contribution in [3.8, 4) is 0 Å². The van der Waals surface area contributed by atoms with Crippen LogP contribution in [0.15, 0.2) is 52.2 Å². The van der Waals surface area contributed by atoms with Crippen molar-refractivity contribution in [1.29, 1.82) is 0 Å². The van der Waals surface area contributed by atoms with Gasteiger partial charge in [-0.2, -0.15) is 0 Å². The van der Waals surface area contributed by atoms with Crippen molar-refractivity contribution < 1.29 is 19.1 Å². The second-order valence-electron chi connectivity index (χ2n) is 7.30. The van der Waals surface area contributed by atoms with Crippen LogP contribution in [0.2, 0.25) is 0 Å². The van der Waals surface area contributed by atoms with E-state index in [-0.39, 0.29) is 12.6 Å². The molecule has 0 radical (unpaired) electrons. The van der Waals surface area contributed by atoms with Crippen molar-refractivity contribution >= 4 is 17.9 Å². The Labute approximate surface area is 177 Å². The zero-order valence-corrected chi connectivity index (χ0v) is 16.9. The van der Waals surface area contributed by atoms with Gasteiger partial charge >= 0.3 is 17.7 Å². The van der Waals surface area contributed by atoms with Gasteiger partial charge in [-0.1, -0.05) is 43.2 Å². The minimum Gasteiger partial charge on any atom is -0.454 e. The first kappa shape index (κ1) is 22.0. The van der Waals surface area contributed by atoms with Crippen molar-refractivity contribution in [2.75, 3.05) is 6.61 Å². The molecular weight excluding hydrogens is 404 g/mol. The highest BCUT2D eigenvalue weighted by molar-refractivity contribution is 5.95. The van der Waals surface area contributed by atoms with Gasteiger partial charge < -0.3 is 10.1 Å². The molecule has 0 unspecified atom stereocenters. The van der Waals surface area contributed by atoms with Crippen LogP contribution in [-0.2, 0) is 27.4 Å². The molecule has 1 aliphatic rings. The summed E-state index contributed by atoms with van der Waals surface area (Å²) < 4.78 is 6.84. The number of ether oxygens (including phenoxy) is 1. The fourth-order valence-corrected chi connectivity index (χ4v) is 3.38. The largest absolute Gasteiger partial charge is 0.454 e. The van der Waals surface area contributed by atoms with E-state index in [4.69, 9.17) is 4.74 Å². The van der Waals surface area contributed by atoms with Crippen molar-refractivity contribution in [2.45, 2.75) is 44.8 Å². The summed E-state index contributed by atoms with van der Waals surface area (Å²) in [6.45, 7) is -1.11. The first-order chi connectivity index (χ1) is 14.9. The molecule has 2 N–H and O–H groups in total. The first-order valence-electron chi connectivity index (χ1n) is 10.0. The van der Waals surface area contributed by atoms with Gasteiger partial charge in [-0.05, 0) is 18.4 Å². The summed E-state index contributed by atoms with van der Waals surface area (Å²) in [5.41, 5.74) is -0.481. The Balaban J connectivity index is 1.53. The number of nitrogens with one attached hydrogen (secondary N) is 2. The number of esters is 1. The molecule has 3 amide bonds. The van der Waals surface area contributed by atoms with Gasteiger partial charge in [0.1, 0.15) is 6.54 Å². The lowest BCUT2D eigenvalue weighted by molar-refractivity contribution is -0.149. The first-order valence-corrected chi connectivity index (χ1v) is 10.0. The summed E-state index contributed by atoms with van der Waals surface area (Å²) in [6.07, 6.45) is 5.15. The third kappa shape index (κ3) is 6.39. The van der Waals surface area contributed by atoms with Gasteiger partial charge in [-0.25, -0.2) is 14.2 Å². The minimum atomic E-state index is -0.942. The van der Waals surface area contributed by atoms with Gasteiger partial charge in [-0.15, -0.1) is 0 Å². The standard InChI is InChI=1S/C21H24N4O6/c26-17(23-20(29)22-16-8-4-5-9-16)14-31-19(28)13-25-18(27)10-11-24(21(25)30)12-15-6-2-1-3-7-15/h1-3,6-7,10-11,16H,4-5,8-9,12-14H2,(H2,22,23,26,29). The topological polar surface area (TPSA) is 128 Å². The van der Waals surface area contributed by atoms with Gasteiger partial charge in [0.05, 0.1) is 6.54 Å². The van der Waals surface area contributed by atoms with Crippen LogP contribution >= 0.6 is 0 Å². The Bertz CT molecular complexity index is 1050. The summed E-state index contributed by atoms with van der Waals surface area (Å²) in [7, 11) is 0. The van der Waals surface area contributed by atoms with Gasteiger partial charge in [0, 0.05) is 18.3 Å². The molecule has 0 spiro atoms. The molecule has 3 rings (SSSR count). The molecule has 164 valence electrons. The number of nitrogens with zero attached hydrogens (tertiary/aromatic N) is 2. The number of carbonyl (C=O) groups excluding carboxylic acids is 3. The van der Waals surface area contributed by atoms with Crippen molar-refractivity contribution in [3.63, 3.8) is 0 Å². The van der Waals surface area contributed by atoms with E-state index >= 15 is 0 Å². The highest BCUT2D eigenvalue weighted by atomic mass is 16.5. The van der Waals surface area contributed by atoms with Crippen molar-refractivity contribution in [2.24, 2.45) is 0 Å². The molecule has 1 saturated carbocycles. The van der Waals surface area contributed by atoms with E-state index in [1.54, 1.807) is 0 Å². The second-order valence-corrected chi connectivity index (χ2v) is 7.30. The molecule has 2 aromatic rings. The van der Waals surface area contributed by atoms with Crippen LogP contribution in [0.4, 0.5) is 4.79 Å². The van der Waals surface area contributed by atoms with Crippen molar-refractivity contribution in [1.82, 2.24) is 19.8 Å². The van der Waals surface area contributed by atoms with Gasteiger partial charge in [0.15, 0.2) is 6.61 Å². The van der Waals surface area contributed by atoms with E-state index in [9.17, 15) is 24.0 Å². The number of benzene rings is 1. The Morgan fingerprint density at radius 1 is 1.03 bits per heavy atom. The highest BCUT2D eigenvalue weighted by Crippen LogP contribution is 2.17. The fourth-order valence-electron chi connectivity index (χ4n) is 3.38. The number of rotatable bonds is 7. The lowest BCUT2D eigenvalue weighted by Crippen LogP contribution is -2.45. The number of aromatic nitrogens is 2. The lowest BCUT2D eigenvalue weighted by Gasteiger charge is -2.12. The maximum Gasteiger partial charge on any atom is 0.331 e. The summed E-state index contributed by atoms with van der Waals surface area (Å²) in [6, 6.07) is 9.74. The zero-order chi connectivity index (χ0) is 22.2. The Morgan fingerprint density at radius 2 is 1.74 bits per heavy atom. The van der Waals surface area contributed by atoms with Crippen LogP contribution in [0.5, 0.6) is 0 Å². The molecule has 1 aliphatic carbocycles. The highest BCUT2D eigenvalue weighted by Gasteiger charge is 2.19. The smallest absolute Gasteiger partial charge is 0.331 e. The lowest BCUT2D eigenvalue weighted by atomic mass is 10.2. The number of carbonyl (C=O) groups is 3. The van der Waals surface area contributed by atoms with E-state index in [0.29, 0.717) is 0 Å². The van der Waals surface area contributed by atoms with Crippen molar-refractivity contribution in [3.05, 3.63) is 69.0 Å². The maximum atomic E-state index is 12.6. The Kier molecular flexibility index (Phi) is 7.36. The SMILES string of the molecule is O=C(COC(=O)Cn1c(=O)ccn(Cc2ccccc2)c1=O)NC(=O)NC1CCCC1. The van der Waals surface area contributed by atoms with Gasteiger partial charge in [-0.3, -0.25) is 24.3 Å². The van der Waals surface area contributed by atoms with Crippen LogP contribution in [0.1, 0.15) is 31.2 Å². The molecule has 1 fully saturated rings. The van der Waals surface area contributed by atoms with E-state index < -0.39 is 42.3 Å². The number of hydrogen-bond acceptors (Lipinski definition) is 6. The monoisotopic (exact) mass is 428 g/mol. The molecule has 0 bridgehead atoms. The molecule has 0 aliphatic heterocycles. The van der Waals surface area contributed by atoms with Crippen LogP contribution < -0.4 is 21.9 Å². The fraction of sp³-hybridized carbons (Fsp3) is 0.381. The summed E-state index contributed by atoms with van der Waals surface area (Å²) in [5, 5.41) is 4.76. The number of urea groups is 1. The summed E-state index contributed by atoms with van der Waals surface area (Å²) in [5.74, 6) is -1.74. The quantitative estimate of drug-likeness (QED) is 0.613. The molecule has 10 heteroatoms. The van der Waals surface area contributed by atoms with E-state index in [2.05, 4.69) is 10.6 Å². The van der Waals surface area contributed by atoms with Gasteiger partial charge in [0.25, 0.3) is 11.5 Å². The van der Waals surface area contributed by atoms with E-state index in [0.717, 1.165) is 35.8 Å².